The van der Waals surface area contributed by atoms with Gasteiger partial charge in [0, 0.05) is 43.4 Å². The third-order valence-corrected chi connectivity index (χ3v) is 9.87. The Balaban J connectivity index is 1.15. The predicted octanol–water partition coefficient (Wildman–Crippen LogP) is 11.8. The van der Waals surface area contributed by atoms with Gasteiger partial charge in [0.1, 0.15) is 16.7 Å². The van der Waals surface area contributed by atoms with E-state index < -0.39 is 0 Å². The van der Waals surface area contributed by atoms with Crippen molar-refractivity contribution in [2.24, 2.45) is 0 Å². The summed E-state index contributed by atoms with van der Waals surface area (Å²) in [5.74, 6) is 1.70. The fourth-order valence-electron chi connectivity index (χ4n) is 7.55. The van der Waals surface area contributed by atoms with Crippen LogP contribution in [0.4, 0.5) is 0 Å². The van der Waals surface area contributed by atoms with Gasteiger partial charge in [-0.25, -0.2) is 15.0 Å². The molecule has 0 fully saturated rings. The lowest BCUT2D eigenvalue weighted by Crippen LogP contribution is -2.00. The van der Waals surface area contributed by atoms with E-state index in [4.69, 9.17) is 23.8 Å². The van der Waals surface area contributed by atoms with Crippen molar-refractivity contribution in [1.29, 1.82) is 0 Å². The Morgan fingerprint density at radius 1 is 0.373 bits per heavy atom. The monoisotopic (exact) mass is 654 g/mol. The largest absolute Gasteiger partial charge is 0.456 e. The van der Waals surface area contributed by atoms with E-state index in [0.29, 0.717) is 17.5 Å². The van der Waals surface area contributed by atoms with Crippen molar-refractivity contribution >= 4 is 65.7 Å². The van der Waals surface area contributed by atoms with Crippen molar-refractivity contribution in [2.75, 3.05) is 0 Å². The Morgan fingerprint density at radius 2 is 0.961 bits per heavy atom. The first-order valence-corrected chi connectivity index (χ1v) is 16.9. The summed E-state index contributed by atoms with van der Waals surface area (Å²) in [6.45, 7) is 0. The van der Waals surface area contributed by atoms with Crippen LogP contribution in [0.15, 0.2) is 167 Å². The molecule has 6 nitrogen and oxygen atoms in total. The van der Waals surface area contributed by atoms with Crippen LogP contribution in [-0.4, -0.2) is 19.5 Å². The Hall–Kier alpha value is -7.05. The molecule has 11 aromatic rings. The van der Waals surface area contributed by atoms with Gasteiger partial charge in [-0.05, 0) is 48.5 Å². The molecular formula is C45H26N4O2. The van der Waals surface area contributed by atoms with Gasteiger partial charge in [0.15, 0.2) is 23.1 Å². The van der Waals surface area contributed by atoms with Crippen molar-refractivity contribution in [3.05, 3.63) is 158 Å². The molecule has 0 N–H and O–H groups in total. The molecule has 0 spiro atoms. The molecule has 238 valence electrons. The van der Waals surface area contributed by atoms with Gasteiger partial charge in [-0.2, -0.15) is 0 Å². The average molecular weight is 655 g/mol. The average Bonchev–Trinajstić information content (AvgIpc) is 3.87. The van der Waals surface area contributed by atoms with Crippen LogP contribution in [0.1, 0.15) is 0 Å². The minimum atomic E-state index is 0.541. The van der Waals surface area contributed by atoms with Gasteiger partial charge in [0.2, 0.25) is 0 Å². The second-order valence-electron chi connectivity index (χ2n) is 12.8. The summed E-state index contributed by atoms with van der Waals surface area (Å²) in [6, 6.07) is 53.8. The van der Waals surface area contributed by atoms with E-state index in [1.54, 1.807) is 0 Å². The molecule has 0 aliphatic carbocycles. The summed E-state index contributed by atoms with van der Waals surface area (Å²) in [5.41, 5.74) is 9.03. The minimum absolute atomic E-state index is 0.541. The number of furan rings is 2. The highest BCUT2D eigenvalue weighted by molar-refractivity contribution is 6.14. The summed E-state index contributed by atoms with van der Waals surface area (Å²) in [4.78, 5) is 15.2. The molecule has 0 saturated heterocycles. The molecule has 0 saturated carbocycles. The number of hydrogen-bond acceptors (Lipinski definition) is 5. The van der Waals surface area contributed by atoms with E-state index in [9.17, 15) is 0 Å². The van der Waals surface area contributed by atoms with Crippen molar-refractivity contribution in [2.45, 2.75) is 0 Å². The number of para-hydroxylation sites is 5. The fraction of sp³-hybridized carbons (Fsp3) is 0. The van der Waals surface area contributed by atoms with Crippen LogP contribution < -0.4 is 0 Å². The van der Waals surface area contributed by atoms with Gasteiger partial charge in [0.05, 0.1) is 22.3 Å². The topological polar surface area (TPSA) is 69.9 Å². The number of aromatic nitrogens is 4. The lowest BCUT2D eigenvalue weighted by molar-refractivity contribution is 0.667. The summed E-state index contributed by atoms with van der Waals surface area (Å²) >= 11 is 0. The molecular weight excluding hydrogens is 629 g/mol. The lowest BCUT2D eigenvalue weighted by atomic mass is 10.1. The molecule has 0 unspecified atom stereocenters. The number of fused-ring (bicyclic) bond motifs is 9. The Kier molecular flexibility index (Phi) is 5.86. The first-order valence-electron chi connectivity index (χ1n) is 16.9. The van der Waals surface area contributed by atoms with Crippen LogP contribution in [0.5, 0.6) is 0 Å². The zero-order valence-corrected chi connectivity index (χ0v) is 27.1. The molecule has 0 radical (unpaired) electrons. The molecule has 6 heteroatoms. The molecule has 7 aromatic carbocycles. The summed E-state index contributed by atoms with van der Waals surface area (Å²) in [5, 5.41) is 6.51. The summed E-state index contributed by atoms with van der Waals surface area (Å²) < 4.78 is 15.4. The number of benzene rings is 7. The van der Waals surface area contributed by atoms with Crippen molar-refractivity contribution in [1.82, 2.24) is 19.5 Å². The highest BCUT2D eigenvalue weighted by Crippen LogP contribution is 2.41. The van der Waals surface area contributed by atoms with Crippen LogP contribution in [0, 0.1) is 0 Å². The summed E-state index contributed by atoms with van der Waals surface area (Å²) in [7, 11) is 0. The van der Waals surface area contributed by atoms with Gasteiger partial charge in [-0.3, -0.25) is 0 Å². The molecule has 4 aromatic heterocycles. The Labute approximate surface area is 290 Å². The van der Waals surface area contributed by atoms with Gasteiger partial charge in [-0.15, -0.1) is 0 Å². The van der Waals surface area contributed by atoms with Gasteiger partial charge in [0.25, 0.3) is 0 Å². The number of rotatable bonds is 4. The van der Waals surface area contributed by atoms with Crippen LogP contribution in [-0.2, 0) is 0 Å². The van der Waals surface area contributed by atoms with Crippen LogP contribution >= 0.6 is 0 Å². The van der Waals surface area contributed by atoms with Crippen molar-refractivity contribution in [3.8, 4) is 39.9 Å². The predicted molar refractivity (Wildman–Crippen MR) is 205 cm³/mol. The zero-order valence-electron chi connectivity index (χ0n) is 27.1. The zero-order chi connectivity index (χ0) is 33.5. The van der Waals surface area contributed by atoms with E-state index >= 15 is 0 Å². The molecule has 0 aliphatic heterocycles. The smallest absolute Gasteiger partial charge is 0.167 e. The highest BCUT2D eigenvalue weighted by atomic mass is 16.3. The Bertz CT molecular complexity index is 3100. The third-order valence-electron chi connectivity index (χ3n) is 9.87. The maximum atomic E-state index is 6.94. The quantitative estimate of drug-likeness (QED) is 0.189. The SMILES string of the molecule is c1ccc(-c2nc(-c3ccc4oc5ccccc5c4c3)nc(-c3cccc4c3oc3c(-n5c6ccccc6c6ccccc65)cccc34)n2)cc1. The van der Waals surface area contributed by atoms with E-state index in [1.807, 2.05) is 66.7 Å². The third kappa shape index (κ3) is 4.20. The van der Waals surface area contributed by atoms with E-state index in [0.717, 1.165) is 77.3 Å². The maximum Gasteiger partial charge on any atom is 0.167 e. The molecule has 0 atom stereocenters. The molecule has 0 aliphatic rings. The number of nitrogens with zero attached hydrogens (tertiary/aromatic N) is 4. The van der Waals surface area contributed by atoms with Crippen LogP contribution in [0.25, 0.3) is 106 Å². The second kappa shape index (κ2) is 10.7. The van der Waals surface area contributed by atoms with Gasteiger partial charge in [-0.1, -0.05) is 109 Å². The van der Waals surface area contributed by atoms with Crippen molar-refractivity contribution < 1.29 is 8.83 Å². The number of hydrogen-bond donors (Lipinski definition) is 0. The molecule has 51 heavy (non-hydrogen) atoms. The van der Waals surface area contributed by atoms with E-state index in [2.05, 4.69) is 95.6 Å². The molecule has 11 rings (SSSR count). The Morgan fingerprint density at radius 3 is 1.75 bits per heavy atom. The lowest BCUT2D eigenvalue weighted by Gasteiger charge is -2.09. The molecule has 0 amide bonds. The van der Waals surface area contributed by atoms with Gasteiger partial charge >= 0.3 is 0 Å². The standard InChI is InChI=1S/C45H26N4O2/c1-2-12-27(13-3-1)43-46-44(28-24-25-40-35(26-28)31-16-6-9-23-39(31)50-40)48-45(47-43)34-19-10-17-32-33-18-11-22-38(42(33)51-41(32)34)49-36-20-7-4-14-29(36)30-15-5-8-21-37(30)49/h1-26H. The first kappa shape index (κ1) is 27.9. The molecule has 4 heterocycles. The normalized spacial score (nSPS) is 11.9. The van der Waals surface area contributed by atoms with Crippen molar-refractivity contribution in [3.63, 3.8) is 0 Å². The van der Waals surface area contributed by atoms with Crippen LogP contribution in [0.2, 0.25) is 0 Å². The summed E-state index contributed by atoms with van der Waals surface area (Å²) in [6.07, 6.45) is 0. The van der Waals surface area contributed by atoms with Crippen LogP contribution in [0.3, 0.4) is 0 Å². The van der Waals surface area contributed by atoms with E-state index in [1.165, 1.54) is 10.8 Å². The van der Waals surface area contributed by atoms with Gasteiger partial charge < -0.3 is 13.4 Å². The minimum Gasteiger partial charge on any atom is -0.456 e. The fourth-order valence-corrected chi connectivity index (χ4v) is 7.55. The second-order valence-corrected chi connectivity index (χ2v) is 12.8. The maximum absolute atomic E-state index is 6.94. The molecule has 0 bridgehead atoms. The van der Waals surface area contributed by atoms with E-state index in [-0.39, 0.29) is 0 Å². The highest BCUT2D eigenvalue weighted by Gasteiger charge is 2.21. The first-order chi connectivity index (χ1) is 25.3.